The predicted octanol–water partition coefficient (Wildman–Crippen LogP) is 3.25. The van der Waals surface area contributed by atoms with E-state index >= 15 is 0 Å². The van der Waals surface area contributed by atoms with Gasteiger partial charge < -0.3 is 5.32 Å². The Kier molecular flexibility index (Phi) is 5.01. The van der Waals surface area contributed by atoms with Crippen molar-refractivity contribution in [1.29, 1.82) is 0 Å². The largest absolute Gasteiger partial charge is 0.316 e. The van der Waals surface area contributed by atoms with Crippen molar-refractivity contribution in [3.63, 3.8) is 0 Å². The first-order valence-corrected chi connectivity index (χ1v) is 9.02. The summed E-state index contributed by atoms with van der Waals surface area (Å²) in [5.41, 5.74) is 0. The summed E-state index contributed by atoms with van der Waals surface area (Å²) in [6.45, 7) is 4.16. The summed E-state index contributed by atoms with van der Waals surface area (Å²) in [5.74, 6) is 0.460. The maximum atomic E-state index is 12.6. The Morgan fingerprint density at radius 2 is 1.76 bits per heavy atom. The molecule has 0 aliphatic rings. The maximum Gasteiger partial charge on any atom is 0.179 e. The lowest BCUT2D eigenvalue weighted by Gasteiger charge is -2.22. The van der Waals surface area contributed by atoms with E-state index in [1.165, 1.54) is 0 Å². The fourth-order valence-electron chi connectivity index (χ4n) is 2.51. The average Bonchev–Trinajstić information content (AvgIpc) is 2.51. The van der Waals surface area contributed by atoms with Crippen molar-refractivity contribution in [3.8, 4) is 0 Å². The highest BCUT2D eigenvalue weighted by molar-refractivity contribution is 7.91. The van der Waals surface area contributed by atoms with Crippen LogP contribution in [0.5, 0.6) is 0 Å². The van der Waals surface area contributed by atoms with Gasteiger partial charge in [-0.1, -0.05) is 50.6 Å². The second-order valence-corrected chi connectivity index (χ2v) is 7.61. The van der Waals surface area contributed by atoms with Gasteiger partial charge in [-0.2, -0.15) is 0 Å². The van der Waals surface area contributed by atoms with Gasteiger partial charge >= 0.3 is 0 Å². The Labute approximate surface area is 127 Å². The summed E-state index contributed by atoms with van der Waals surface area (Å²) in [4.78, 5) is 0.407. The van der Waals surface area contributed by atoms with Gasteiger partial charge in [-0.25, -0.2) is 8.42 Å². The highest BCUT2D eigenvalue weighted by Crippen LogP contribution is 2.21. The van der Waals surface area contributed by atoms with Crippen LogP contribution in [0.4, 0.5) is 0 Å². The normalized spacial score (nSPS) is 15.0. The van der Waals surface area contributed by atoms with Crippen LogP contribution in [-0.4, -0.2) is 27.3 Å². The van der Waals surface area contributed by atoms with Crippen LogP contribution in [0.2, 0.25) is 0 Å². The van der Waals surface area contributed by atoms with Crippen molar-refractivity contribution >= 4 is 20.6 Å². The Balaban J connectivity index is 2.32. The third-order valence-corrected chi connectivity index (χ3v) is 5.95. The van der Waals surface area contributed by atoms with Crippen LogP contribution in [-0.2, 0) is 9.84 Å². The molecule has 2 atom stereocenters. The molecule has 114 valence electrons. The molecule has 4 heteroatoms. The molecule has 0 bridgehead atoms. The van der Waals surface area contributed by atoms with Gasteiger partial charge in [0.1, 0.15) is 0 Å². The Bertz CT molecular complexity index is 710. The van der Waals surface area contributed by atoms with Gasteiger partial charge in [-0.15, -0.1) is 0 Å². The van der Waals surface area contributed by atoms with Crippen molar-refractivity contribution in [1.82, 2.24) is 5.32 Å². The zero-order valence-electron chi connectivity index (χ0n) is 12.8. The molecule has 2 aromatic carbocycles. The lowest BCUT2D eigenvalue weighted by Crippen LogP contribution is -2.38. The van der Waals surface area contributed by atoms with Crippen LogP contribution in [0, 0.1) is 5.92 Å². The molecule has 0 aromatic heterocycles. The first-order chi connectivity index (χ1) is 9.97. The highest BCUT2D eigenvalue weighted by atomic mass is 32.2. The van der Waals surface area contributed by atoms with Crippen LogP contribution in [0.1, 0.15) is 20.3 Å². The van der Waals surface area contributed by atoms with Gasteiger partial charge in [0.25, 0.3) is 0 Å². The minimum atomic E-state index is -3.28. The van der Waals surface area contributed by atoms with E-state index < -0.39 is 9.84 Å². The molecule has 0 heterocycles. The molecule has 0 fully saturated rings. The molecular formula is C17H23NO2S. The number of nitrogens with one attached hydrogen (secondary N) is 1. The second-order valence-electron chi connectivity index (χ2n) is 5.57. The molecule has 0 amide bonds. The summed E-state index contributed by atoms with van der Waals surface area (Å²) < 4.78 is 25.3. The van der Waals surface area contributed by atoms with Gasteiger partial charge in [-0.05, 0) is 35.9 Å². The molecule has 21 heavy (non-hydrogen) atoms. The van der Waals surface area contributed by atoms with E-state index in [1.807, 2.05) is 37.4 Å². The monoisotopic (exact) mass is 305 g/mol. The van der Waals surface area contributed by atoms with Crippen LogP contribution < -0.4 is 5.32 Å². The van der Waals surface area contributed by atoms with Crippen molar-refractivity contribution < 1.29 is 8.42 Å². The molecule has 0 spiro atoms. The maximum absolute atomic E-state index is 12.6. The minimum Gasteiger partial charge on any atom is -0.316 e. The Morgan fingerprint density at radius 1 is 1.10 bits per heavy atom. The molecule has 3 nitrogen and oxygen atoms in total. The molecule has 0 aliphatic heterocycles. The first kappa shape index (κ1) is 16.0. The molecule has 1 N–H and O–H groups in total. The van der Waals surface area contributed by atoms with Crippen molar-refractivity contribution in [3.05, 3.63) is 42.5 Å². The lowest BCUT2D eigenvalue weighted by atomic mass is 10.0. The number of hydrogen-bond acceptors (Lipinski definition) is 3. The SMILES string of the molecule is CCC(C)C(CS(=O)(=O)c1ccc2ccccc2c1)NC. The van der Waals surface area contributed by atoms with Crippen molar-refractivity contribution in [2.75, 3.05) is 12.8 Å². The van der Waals surface area contributed by atoms with Crippen LogP contribution in [0.25, 0.3) is 10.8 Å². The molecule has 2 unspecified atom stereocenters. The van der Waals surface area contributed by atoms with Crippen LogP contribution >= 0.6 is 0 Å². The van der Waals surface area contributed by atoms with Crippen LogP contribution in [0.3, 0.4) is 0 Å². The molecule has 2 rings (SSSR count). The van der Waals surface area contributed by atoms with Gasteiger partial charge in [0, 0.05) is 6.04 Å². The number of rotatable bonds is 6. The number of sulfone groups is 1. The quantitative estimate of drug-likeness (QED) is 0.891. The summed E-state index contributed by atoms with van der Waals surface area (Å²) in [5, 5.41) is 5.16. The molecule has 0 saturated heterocycles. The summed E-state index contributed by atoms with van der Waals surface area (Å²) in [6, 6.07) is 13.1. The smallest absolute Gasteiger partial charge is 0.179 e. The first-order valence-electron chi connectivity index (χ1n) is 7.36. The fraction of sp³-hybridized carbons (Fsp3) is 0.412. The number of fused-ring (bicyclic) bond motifs is 1. The molecule has 0 aliphatic carbocycles. The summed E-state index contributed by atoms with van der Waals surface area (Å²) in [6.07, 6.45) is 0.957. The molecule has 0 saturated carbocycles. The third kappa shape index (κ3) is 3.63. The fourth-order valence-corrected chi connectivity index (χ4v) is 4.25. The predicted molar refractivity (Wildman–Crippen MR) is 88.3 cm³/mol. The summed E-state index contributed by atoms with van der Waals surface area (Å²) in [7, 11) is -1.45. The number of benzene rings is 2. The molecule has 0 radical (unpaired) electrons. The van der Waals surface area contributed by atoms with Crippen LogP contribution in [0.15, 0.2) is 47.4 Å². The standard InChI is InChI=1S/C17H23NO2S/c1-4-13(2)17(18-3)12-21(19,20)16-10-9-14-7-5-6-8-15(14)11-16/h5-11,13,17-18H,4,12H2,1-3H3. The van der Waals surface area contributed by atoms with Gasteiger partial charge in [-0.3, -0.25) is 0 Å². The van der Waals surface area contributed by atoms with Gasteiger partial charge in [0.05, 0.1) is 10.6 Å². The van der Waals surface area contributed by atoms with Crippen molar-refractivity contribution in [2.24, 2.45) is 5.92 Å². The van der Waals surface area contributed by atoms with Gasteiger partial charge in [0.15, 0.2) is 9.84 Å². The van der Waals surface area contributed by atoms with E-state index in [-0.39, 0.29) is 11.8 Å². The average molecular weight is 305 g/mol. The van der Waals surface area contributed by atoms with Crippen molar-refractivity contribution in [2.45, 2.75) is 31.2 Å². The molecular weight excluding hydrogens is 282 g/mol. The van der Waals surface area contributed by atoms with Gasteiger partial charge in [0.2, 0.25) is 0 Å². The zero-order chi connectivity index (χ0) is 15.5. The van der Waals surface area contributed by atoms with E-state index in [0.717, 1.165) is 17.2 Å². The molecule has 2 aromatic rings. The second kappa shape index (κ2) is 6.58. The lowest BCUT2D eigenvalue weighted by molar-refractivity contribution is 0.414. The Hall–Kier alpha value is -1.39. The number of hydrogen-bond donors (Lipinski definition) is 1. The summed E-state index contributed by atoms with van der Waals surface area (Å²) >= 11 is 0. The van der Waals surface area contributed by atoms with E-state index in [9.17, 15) is 8.42 Å². The Morgan fingerprint density at radius 3 is 2.38 bits per heavy atom. The van der Waals surface area contributed by atoms with E-state index in [1.54, 1.807) is 12.1 Å². The zero-order valence-corrected chi connectivity index (χ0v) is 13.7. The topological polar surface area (TPSA) is 46.2 Å². The third-order valence-electron chi connectivity index (χ3n) is 4.18. The van der Waals surface area contributed by atoms with E-state index in [0.29, 0.717) is 10.8 Å². The van der Waals surface area contributed by atoms with E-state index in [4.69, 9.17) is 0 Å². The highest BCUT2D eigenvalue weighted by Gasteiger charge is 2.23. The minimum absolute atomic E-state index is 0.0218. The van der Waals surface area contributed by atoms with E-state index in [2.05, 4.69) is 19.2 Å².